The molecule has 0 saturated carbocycles. The summed E-state index contributed by atoms with van der Waals surface area (Å²) in [6, 6.07) is 21.7. The molecule has 1 unspecified atom stereocenters. The molecule has 0 aromatic heterocycles. The molecule has 206 valence electrons. The van der Waals surface area contributed by atoms with Gasteiger partial charge in [-0.05, 0) is 54.2 Å². The van der Waals surface area contributed by atoms with Crippen LogP contribution >= 0.6 is 0 Å². The highest BCUT2D eigenvalue weighted by molar-refractivity contribution is 6.09. The van der Waals surface area contributed by atoms with E-state index in [0.29, 0.717) is 46.9 Å². The van der Waals surface area contributed by atoms with Crippen LogP contribution in [0.5, 0.6) is 11.5 Å². The summed E-state index contributed by atoms with van der Waals surface area (Å²) in [6.45, 7) is 1.93. The molecular weight excluding hydrogens is 509 g/mol. The largest absolute Gasteiger partial charge is 0.493 e. The molecule has 3 atom stereocenters. The highest BCUT2D eigenvalue weighted by Gasteiger charge is 2.45. The van der Waals surface area contributed by atoms with Crippen molar-refractivity contribution in [3.8, 4) is 11.5 Å². The van der Waals surface area contributed by atoms with E-state index in [1.54, 1.807) is 39.3 Å². The molecular formula is C33H32FNO5. The van der Waals surface area contributed by atoms with Gasteiger partial charge in [-0.3, -0.25) is 14.6 Å². The molecule has 0 saturated heterocycles. The lowest BCUT2D eigenvalue weighted by molar-refractivity contribution is -0.146. The molecule has 2 aliphatic rings. The quantitative estimate of drug-likeness (QED) is 0.317. The maximum atomic E-state index is 15.2. The van der Waals surface area contributed by atoms with Crippen molar-refractivity contribution in [1.82, 2.24) is 0 Å². The Morgan fingerprint density at radius 1 is 0.950 bits per heavy atom. The first-order valence-electron chi connectivity index (χ1n) is 13.4. The van der Waals surface area contributed by atoms with E-state index in [2.05, 4.69) is 0 Å². The van der Waals surface area contributed by atoms with Gasteiger partial charge in [0.1, 0.15) is 11.7 Å². The number of aliphatic imine (C=N–C) groups is 1. The van der Waals surface area contributed by atoms with E-state index in [1.165, 1.54) is 6.07 Å². The Bertz CT molecular complexity index is 1480. The van der Waals surface area contributed by atoms with Gasteiger partial charge in [-0.1, -0.05) is 54.6 Å². The van der Waals surface area contributed by atoms with E-state index in [0.717, 1.165) is 11.1 Å². The number of ketones is 1. The van der Waals surface area contributed by atoms with Gasteiger partial charge in [-0.15, -0.1) is 0 Å². The van der Waals surface area contributed by atoms with Gasteiger partial charge >= 0.3 is 5.97 Å². The Balaban J connectivity index is 1.47. The summed E-state index contributed by atoms with van der Waals surface area (Å²) >= 11 is 0. The molecule has 6 nitrogen and oxygen atoms in total. The molecule has 3 aromatic carbocycles. The number of rotatable bonds is 8. The molecule has 1 aliphatic heterocycles. The first kappa shape index (κ1) is 27.3. The number of halogens is 1. The fraction of sp³-hybridized carbons (Fsp3) is 0.303. The number of benzene rings is 3. The average Bonchev–Trinajstić information content (AvgIpc) is 2.96. The molecule has 1 heterocycles. The van der Waals surface area contributed by atoms with Crippen molar-refractivity contribution in [2.24, 2.45) is 10.9 Å². The normalized spacial score (nSPS) is 20.4. The predicted molar refractivity (Wildman–Crippen MR) is 150 cm³/mol. The standard InChI is InChI=1S/C33H32FNO5/c1-20-30(33(37)40-16-15-21-9-5-4-6-10-21)31(24-11-7-8-12-25(24)34)32-26(35-20)17-23(18-27(32)36)22-13-14-28(38-2)29(19-22)39-3/h4-14,19,23,30-31H,15-18H2,1-3H3/t23-,30?,31-/m0/s1. The maximum absolute atomic E-state index is 15.2. The zero-order chi connectivity index (χ0) is 28.2. The number of esters is 1. The van der Waals surface area contributed by atoms with Crippen molar-refractivity contribution in [3.63, 3.8) is 0 Å². The number of hydrogen-bond donors (Lipinski definition) is 0. The number of hydrogen-bond acceptors (Lipinski definition) is 6. The van der Waals surface area contributed by atoms with Crippen molar-refractivity contribution in [2.45, 2.75) is 38.0 Å². The third-order valence-corrected chi connectivity index (χ3v) is 7.74. The third-order valence-electron chi connectivity index (χ3n) is 7.74. The van der Waals surface area contributed by atoms with Crippen LogP contribution in [0.25, 0.3) is 0 Å². The van der Waals surface area contributed by atoms with E-state index >= 15 is 4.39 Å². The van der Waals surface area contributed by atoms with Crippen LogP contribution in [0.4, 0.5) is 4.39 Å². The number of nitrogens with zero attached hydrogens (tertiary/aromatic N) is 1. The monoisotopic (exact) mass is 541 g/mol. The number of carbonyl (C=O) groups excluding carboxylic acids is 2. The van der Waals surface area contributed by atoms with E-state index in [9.17, 15) is 9.59 Å². The summed E-state index contributed by atoms with van der Waals surface area (Å²) in [6.07, 6.45) is 1.25. The van der Waals surface area contributed by atoms with Crippen LogP contribution in [0.15, 0.2) is 89.1 Å². The van der Waals surface area contributed by atoms with E-state index in [1.807, 2.05) is 48.5 Å². The van der Waals surface area contributed by atoms with Gasteiger partial charge in [0.15, 0.2) is 17.3 Å². The second-order valence-electron chi connectivity index (χ2n) is 10.1. The zero-order valence-corrected chi connectivity index (χ0v) is 22.9. The fourth-order valence-electron chi connectivity index (χ4n) is 5.77. The lowest BCUT2D eigenvalue weighted by atomic mass is 9.69. The zero-order valence-electron chi connectivity index (χ0n) is 22.9. The number of Topliss-reactive ketones (excluding diaryl/α,β-unsaturated/α-hetero) is 1. The Labute approximate surface area is 233 Å². The highest BCUT2D eigenvalue weighted by atomic mass is 19.1. The van der Waals surface area contributed by atoms with Crippen molar-refractivity contribution in [2.75, 3.05) is 20.8 Å². The van der Waals surface area contributed by atoms with Gasteiger partial charge < -0.3 is 14.2 Å². The van der Waals surface area contributed by atoms with Gasteiger partial charge in [-0.2, -0.15) is 0 Å². The van der Waals surface area contributed by atoms with Crippen LogP contribution in [0.1, 0.15) is 48.3 Å². The van der Waals surface area contributed by atoms with Crippen LogP contribution in [0, 0.1) is 11.7 Å². The lowest BCUT2D eigenvalue weighted by Gasteiger charge is -2.36. The van der Waals surface area contributed by atoms with E-state index in [-0.39, 0.29) is 24.7 Å². The molecule has 0 spiro atoms. The van der Waals surface area contributed by atoms with E-state index in [4.69, 9.17) is 19.2 Å². The molecule has 0 radical (unpaired) electrons. The fourth-order valence-corrected chi connectivity index (χ4v) is 5.77. The highest BCUT2D eigenvalue weighted by Crippen LogP contribution is 2.48. The predicted octanol–water partition coefficient (Wildman–Crippen LogP) is 6.20. The summed E-state index contributed by atoms with van der Waals surface area (Å²) in [5, 5.41) is 0. The minimum atomic E-state index is -0.895. The smallest absolute Gasteiger partial charge is 0.315 e. The van der Waals surface area contributed by atoms with Crippen LogP contribution in [-0.4, -0.2) is 38.3 Å². The minimum absolute atomic E-state index is 0.141. The molecule has 0 fully saturated rings. The van der Waals surface area contributed by atoms with Crippen LogP contribution in [0.2, 0.25) is 0 Å². The number of ether oxygens (including phenoxy) is 3. The Morgan fingerprint density at radius 2 is 1.68 bits per heavy atom. The van der Waals surface area contributed by atoms with Gasteiger partial charge in [-0.25, -0.2) is 4.39 Å². The molecule has 3 aromatic rings. The van der Waals surface area contributed by atoms with Gasteiger partial charge in [0, 0.05) is 35.7 Å². The lowest BCUT2D eigenvalue weighted by Crippen LogP contribution is -2.38. The summed E-state index contributed by atoms with van der Waals surface area (Å²) in [5.41, 5.74) is 3.77. The topological polar surface area (TPSA) is 74.2 Å². The Morgan fingerprint density at radius 3 is 2.40 bits per heavy atom. The van der Waals surface area contributed by atoms with Crippen molar-refractivity contribution < 1.29 is 28.2 Å². The van der Waals surface area contributed by atoms with Crippen molar-refractivity contribution in [1.29, 1.82) is 0 Å². The second kappa shape index (κ2) is 11.9. The molecule has 0 bridgehead atoms. The summed E-state index contributed by atoms with van der Waals surface area (Å²) in [4.78, 5) is 32.1. The van der Waals surface area contributed by atoms with Gasteiger partial charge in [0.25, 0.3) is 0 Å². The average molecular weight is 542 g/mol. The Hall–Kier alpha value is -4.26. The minimum Gasteiger partial charge on any atom is -0.493 e. The molecule has 0 N–H and O–H groups in total. The number of methoxy groups -OCH3 is 2. The van der Waals surface area contributed by atoms with E-state index < -0.39 is 23.6 Å². The maximum Gasteiger partial charge on any atom is 0.315 e. The summed E-state index contributed by atoms with van der Waals surface area (Å²) in [5.74, 6) is -1.78. The summed E-state index contributed by atoms with van der Waals surface area (Å²) < 4.78 is 31.8. The molecule has 0 amide bonds. The first-order chi connectivity index (χ1) is 19.4. The van der Waals surface area contributed by atoms with Crippen molar-refractivity contribution >= 4 is 17.5 Å². The molecule has 40 heavy (non-hydrogen) atoms. The number of allylic oxidation sites excluding steroid dienone is 2. The second-order valence-corrected chi connectivity index (χ2v) is 10.1. The summed E-state index contributed by atoms with van der Waals surface area (Å²) in [7, 11) is 3.14. The van der Waals surface area contributed by atoms with Crippen LogP contribution < -0.4 is 9.47 Å². The first-order valence-corrected chi connectivity index (χ1v) is 13.4. The van der Waals surface area contributed by atoms with Gasteiger partial charge in [0.05, 0.1) is 20.8 Å². The van der Waals surface area contributed by atoms with Gasteiger partial charge in [0.2, 0.25) is 0 Å². The number of carbonyl (C=O) groups is 2. The van der Waals surface area contributed by atoms with Crippen molar-refractivity contribution in [3.05, 3.63) is 107 Å². The molecule has 7 heteroatoms. The van der Waals surface area contributed by atoms with Crippen LogP contribution in [-0.2, 0) is 20.7 Å². The Kier molecular flexibility index (Phi) is 8.10. The molecule has 5 rings (SSSR count). The SMILES string of the molecule is COc1ccc([C@@H]2CC(=O)C3=C(C2)N=C(C)C(C(=O)OCCc2ccccc2)[C@@H]3c2ccccc2F)cc1OC. The molecule has 1 aliphatic carbocycles. The van der Waals surface area contributed by atoms with Crippen LogP contribution in [0.3, 0.4) is 0 Å². The third kappa shape index (κ3) is 5.41.